The van der Waals surface area contributed by atoms with Gasteiger partial charge in [0.05, 0.1) is 12.7 Å². The van der Waals surface area contributed by atoms with E-state index in [4.69, 9.17) is 22.7 Å². The predicted molar refractivity (Wildman–Crippen MR) is 85.3 cm³/mol. The average molecular weight is 300 g/mol. The molecule has 19 heavy (non-hydrogen) atoms. The van der Waals surface area contributed by atoms with Crippen molar-refractivity contribution in [3.63, 3.8) is 0 Å². The highest BCUT2D eigenvalue weighted by molar-refractivity contribution is 7.98. The number of methoxy groups -OCH3 is 1. The van der Waals surface area contributed by atoms with Crippen LogP contribution < -0.4 is 10.6 Å². The molecule has 1 rings (SSSR count). The van der Waals surface area contributed by atoms with Crippen LogP contribution in [0.5, 0.6) is 0 Å². The Hall–Kier alpha value is -0.820. The molecule has 1 aromatic carbocycles. The zero-order chi connectivity index (χ0) is 14.4. The Balaban J connectivity index is 3.02. The Labute approximate surface area is 123 Å². The zero-order valence-corrected chi connectivity index (χ0v) is 13.1. The molecular weight excluding hydrogens is 280 g/mol. The van der Waals surface area contributed by atoms with Crippen LogP contribution in [-0.2, 0) is 4.74 Å². The molecule has 4 nitrogen and oxygen atoms in total. The van der Waals surface area contributed by atoms with Crippen LogP contribution in [0.2, 0.25) is 0 Å². The molecule has 0 aliphatic rings. The first-order valence-corrected chi connectivity index (χ1v) is 7.49. The fourth-order valence-corrected chi connectivity index (χ4v) is 2.83. The standard InChI is InChI=1S/C13H20N2O2S2/c1-15(7-9(16)8-17-2)10-5-4-6-11(19-3)12(10)13(14)18/h4-6,9,16H,7-8H2,1-3H3,(H2,14,18). The highest BCUT2D eigenvalue weighted by Crippen LogP contribution is 2.29. The monoisotopic (exact) mass is 300 g/mol. The second kappa shape index (κ2) is 7.69. The van der Waals surface area contributed by atoms with Crippen molar-refractivity contribution in [2.24, 2.45) is 5.73 Å². The number of aliphatic hydroxyl groups is 1. The lowest BCUT2D eigenvalue weighted by Crippen LogP contribution is -2.33. The third kappa shape index (κ3) is 4.35. The third-order valence-electron chi connectivity index (χ3n) is 2.73. The smallest absolute Gasteiger partial charge is 0.107 e. The van der Waals surface area contributed by atoms with Crippen LogP contribution in [0, 0.1) is 0 Å². The highest BCUT2D eigenvalue weighted by Gasteiger charge is 2.16. The summed E-state index contributed by atoms with van der Waals surface area (Å²) in [7, 11) is 3.47. The summed E-state index contributed by atoms with van der Waals surface area (Å²) in [6.45, 7) is 0.760. The number of likely N-dealkylation sites (N-methyl/N-ethyl adjacent to an activating group) is 1. The van der Waals surface area contributed by atoms with Crippen LogP contribution >= 0.6 is 24.0 Å². The molecule has 6 heteroatoms. The van der Waals surface area contributed by atoms with Gasteiger partial charge in [-0.15, -0.1) is 11.8 Å². The Morgan fingerprint density at radius 2 is 2.26 bits per heavy atom. The van der Waals surface area contributed by atoms with Gasteiger partial charge >= 0.3 is 0 Å². The van der Waals surface area contributed by atoms with Crippen LogP contribution in [0.15, 0.2) is 23.1 Å². The molecule has 0 aromatic heterocycles. The van der Waals surface area contributed by atoms with Gasteiger partial charge in [0.25, 0.3) is 0 Å². The molecule has 0 heterocycles. The van der Waals surface area contributed by atoms with Crippen molar-refractivity contribution in [1.82, 2.24) is 0 Å². The van der Waals surface area contributed by atoms with Gasteiger partial charge in [-0.2, -0.15) is 0 Å². The third-order valence-corrected chi connectivity index (χ3v) is 3.71. The predicted octanol–water partition coefficient (Wildman–Crippen LogP) is 1.49. The highest BCUT2D eigenvalue weighted by atomic mass is 32.2. The number of rotatable bonds is 7. The molecule has 0 bridgehead atoms. The van der Waals surface area contributed by atoms with Gasteiger partial charge in [0.2, 0.25) is 0 Å². The summed E-state index contributed by atoms with van der Waals surface area (Å²) in [5, 5.41) is 9.80. The second-order valence-corrected chi connectivity index (χ2v) is 5.50. The maximum absolute atomic E-state index is 9.80. The van der Waals surface area contributed by atoms with Gasteiger partial charge < -0.3 is 20.5 Å². The van der Waals surface area contributed by atoms with Gasteiger partial charge in [-0.25, -0.2) is 0 Å². The topological polar surface area (TPSA) is 58.7 Å². The fraction of sp³-hybridized carbons (Fsp3) is 0.462. The maximum atomic E-state index is 9.80. The number of thiocarbonyl (C=S) groups is 1. The first-order chi connectivity index (χ1) is 9.01. The molecule has 0 amide bonds. The van der Waals surface area contributed by atoms with Gasteiger partial charge in [-0.1, -0.05) is 18.3 Å². The van der Waals surface area contributed by atoms with Crippen molar-refractivity contribution in [2.75, 3.05) is 38.5 Å². The van der Waals surface area contributed by atoms with Crippen LogP contribution in [0.1, 0.15) is 5.56 Å². The average Bonchev–Trinajstić information content (AvgIpc) is 2.37. The number of aliphatic hydroxyl groups excluding tert-OH is 1. The second-order valence-electron chi connectivity index (χ2n) is 4.21. The number of hydrogen-bond donors (Lipinski definition) is 2. The van der Waals surface area contributed by atoms with Crippen molar-refractivity contribution in [3.05, 3.63) is 23.8 Å². The minimum Gasteiger partial charge on any atom is -0.389 e. The summed E-state index contributed by atoms with van der Waals surface area (Å²) in [5.74, 6) is 0. The van der Waals surface area contributed by atoms with Crippen molar-refractivity contribution >= 4 is 34.7 Å². The number of thioether (sulfide) groups is 1. The molecule has 0 aliphatic carbocycles. The van der Waals surface area contributed by atoms with E-state index in [9.17, 15) is 5.11 Å². The summed E-state index contributed by atoms with van der Waals surface area (Å²) >= 11 is 6.74. The van der Waals surface area contributed by atoms with Crippen molar-refractivity contribution in [1.29, 1.82) is 0 Å². The van der Waals surface area contributed by atoms with E-state index in [1.54, 1.807) is 18.9 Å². The molecule has 0 aliphatic heterocycles. The number of ether oxygens (including phenoxy) is 1. The van der Waals surface area contributed by atoms with Crippen LogP contribution in [0.3, 0.4) is 0 Å². The van der Waals surface area contributed by atoms with E-state index in [-0.39, 0.29) is 0 Å². The van der Waals surface area contributed by atoms with Gasteiger partial charge in [-0.05, 0) is 18.4 Å². The maximum Gasteiger partial charge on any atom is 0.107 e. The zero-order valence-electron chi connectivity index (χ0n) is 11.4. The normalized spacial score (nSPS) is 12.2. The lowest BCUT2D eigenvalue weighted by molar-refractivity contribution is 0.0695. The first-order valence-electron chi connectivity index (χ1n) is 5.86. The molecule has 3 N–H and O–H groups in total. The van der Waals surface area contributed by atoms with E-state index in [0.29, 0.717) is 18.1 Å². The van der Waals surface area contributed by atoms with Crippen molar-refractivity contribution in [3.8, 4) is 0 Å². The summed E-state index contributed by atoms with van der Waals surface area (Å²) in [6.07, 6.45) is 1.44. The van der Waals surface area contributed by atoms with E-state index in [2.05, 4.69) is 0 Å². The van der Waals surface area contributed by atoms with Gasteiger partial charge in [0.1, 0.15) is 4.99 Å². The molecule has 1 aromatic rings. The van der Waals surface area contributed by atoms with Crippen molar-refractivity contribution in [2.45, 2.75) is 11.0 Å². The summed E-state index contributed by atoms with van der Waals surface area (Å²) < 4.78 is 4.93. The largest absolute Gasteiger partial charge is 0.389 e. The van der Waals surface area contributed by atoms with E-state index < -0.39 is 6.10 Å². The van der Waals surface area contributed by atoms with Gasteiger partial charge in [0, 0.05) is 36.8 Å². The minimum absolute atomic E-state index is 0.301. The number of anilines is 1. The van der Waals surface area contributed by atoms with Crippen molar-refractivity contribution < 1.29 is 9.84 Å². The molecule has 0 saturated carbocycles. The van der Waals surface area contributed by atoms with E-state index in [0.717, 1.165) is 16.1 Å². The Bertz CT molecular complexity index is 441. The Morgan fingerprint density at radius 1 is 1.58 bits per heavy atom. The summed E-state index contributed by atoms with van der Waals surface area (Å²) in [5.41, 5.74) is 7.61. The van der Waals surface area contributed by atoms with Crippen LogP contribution in [-0.4, -0.2) is 49.8 Å². The van der Waals surface area contributed by atoms with Gasteiger partial charge in [0.15, 0.2) is 0 Å². The molecule has 0 radical (unpaired) electrons. The SMILES string of the molecule is COCC(O)CN(C)c1cccc(SC)c1C(N)=S. The molecule has 1 unspecified atom stereocenters. The Morgan fingerprint density at radius 3 is 2.79 bits per heavy atom. The minimum atomic E-state index is -0.549. The Kier molecular flexibility index (Phi) is 6.57. The van der Waals surface area contributed by atoms with Crippen LogP contribution in [0.25, 0.3) is 0 Å². The molecule has 0 saturated heterocycles. The van der Waals surface area contributed by atoms with Gasteiger partial charge in [-0.3, -0.25) is 0 Å². The van der Waals surface area contributed by atoms with Crippen LogP contribution in [0.4, 0.5) is 5.69 Å². The summed E-state index contributed by atoms with van der Waals surface area (Å²) in [6, 6.07) is 5.90. The molecule has 0 fully saturated rings. The molecule has 1 atom stereocenters. The first kappa shape index (κ1) is 16.2. The number of hydrogen-bond acceptors (Lipinski definition) is 5. The van der Waals surface area contributed by atoms with E-state index in [1.165, 1.54) is 0 Å². The quantitative estimate of drug-likeness (QED) is 0.588. The number of nitrogens with zero attached hydrogens (tertiary/aromatic N) is 1. The molecule has 106 valence electrons. The molecule has 0 spiro atoms. The number of nitrogens with two attached hydrogens (primary N) is 1. The van der Waals surface area contributed by atoms with E-state index >= 15 is 0 Å². The number of benzene rings is 1. The van der Waals surface area contributed by atoms with E-state index in [1.807, 2.05) is 36.4 Å². The molecular formula is C13H20N2O2S2. The lowest BCUT2D eigenvalue weighted by atomic mass is 10.1. The fourth-order valence-electron chi connectivity index (χ4n) is 1.91. The summed E-state index contributed by atoms with van der Waals surface area (Å²) in [4.78, 5) is 3.35. The lowest BCUT2D eigenvalue weighted by Gasteiger charge is -2.25.